The van der Waals surface area contributed by atoms with Crippen LogP contribution in [0.15, 0.2) is 59.2 Å². The van der Waals surface area contributed by atoms with Crippen LogP contribution in [0.25, 0.3) is 33.1 Å². The lowest BCUT2D eigenvalue weighted by Gasteiger charge is -2.32. The number of pyridine rings is 1. The Hall–Kier alpha value is -2.70. The first-order valence-electron chi connectivity index (χ1n) is 9.75. The van der Waals surface area contributed by atoms with E-state index in [9.17, 15) is 4.79 Å². The van der Waals surface area contributed by atoms with Crippen LogP contribution in [0.4, 0.5) is 0 Å². The number of hydrogen-bond acceptors (Lipinski definition) is 3. The van der Waals surface area contributed by atoms with E-state index in [0.29, 0.717) is 0 Å². The summed E-state index contributed by atoms with van der Waals surface area (Å²) in [6.45, 7) is 3.30. The standard InChI is InChI=1S/C23H21BrN4O/c1-27-8-10-28(11-9-27)23(29)18-13-22(26-21-5-3-2-4-16(18)21)19-14-25-20-7-6-15(24)12-17(19)20/h2-7,12-14,25H,8-11H2,1H3. The number of halogens is 1. The van der Waals surface area contributed by atoms with Crippen molar-refractivity contribution in [3.8, 4) is 11.3 Å². The summed E-state index contributed by atoms with van der Waals surface area (Å²) in [5, 5.41) is 1.99. The SMILES string of the molecule is CN1CCN(C(=O)c2cc(-c3c[nH]c4ccc(Br)cc34)nc3ccccc23)CC1. The number of para-hydroxylation sites is 1. The van der Waals surface area contributed by atoms with Crippen LogP contribution in [0.3, 0.4) is 0 Å². The lowest BCUT2D eigenvalue weighted by atomic mass is 10.0. The number of aromatic nitrogens is 2. The van der Waals surface area contributed by atoms with Crippen molar-refractivity contribution in [3.63, 3.8) is 0 Å². The summed E-state index contributed by atoms with van der Waals surface area (Å²) < 4.78 is 1.01. The molecule has 0 atom stereocenters. The Kier molecular flexibility index (Phi) is 4.60. The van der Waals surface area contributed by atoms with Crippen molar-refractivity contribution in [2.24, 2.45) is 0 Å². The molecule has 2 aromatic heterocycles. The highest BCUT2D eigenvalue weighted by atomic mass is 79.9. The van der Waals surface area contributed by atoms with Gasteiger partial charge in [0, 0.05) is 58.7 Å². The molecule has 1 aliphatic heterocycles. The minimum Gasteiger partial charge on any atom is -0.360 e. The summed E-state index contributed by atoms with van der Waals surface area (Å²) in [7, 11) is 2.09. The number of nitrogens with zero attached hydrogens (tertiary/aromatic N) is 3. The van der Waals surface area contributed by atoms with Gasteiger partial charge in [0.15, 0.2) is 0 Å². The van der Waals surface area contributed by atoms with Gasteiger partial charge in [0.25, 0.3) is 5.91 Å². The van der Waals surface area contributed by atoms with Crippen LogP contribution in [-0.4, -0.2) is 58.9 Å². The molecule has 1 fully saturated rings. The average Bonchev–Trinajstić information content (AvgIpc) is 3.16. The predicted molar refractivity (Wildman–Crippen MR) is 120 cm³/mol. The number of fused-ring (bicyclic) bond motifs is 2. The molecule has 0 aliphatic carbocycles. The van der Waals surface area contributed by atoms with Crippen molar-refractivity contribution < 1.29 is 4.79 Å². The van der Waals surface area contributed by atoms with Gasteiger partial charge in [-0.1, -0.05) is 34.1 Å². The Morgan fingerprint density at radius 2 is 1.83 bits per heavy atom. The monoisotopic (exact) mass is 448 g/mol. The summed E-state index contributed by atoms with van der Waals surface area (Å²) in [4.78, 5) is 25.8. The fourth-order valence-corrected chi connectivity index (χ4v) is 4.34. The highest BCUT2D eigenvalue weighted by molar-refractivity contribution is 9.10. The molecule has 1 saturated heterocycles. The first-order chi connectivity index (χ1) is 14.1. The van der Waals surface area contributed by atoms with Crippen LogP contribution in [0.2, 0.25) is 0 Å². The molecule has 29 heavy (non-hydrogen) atoms. The molecule has 0 unspecified atom stereocenters. The van der Waals surface area contributed by atoms with Gasteiger partial charge >= 0.3 is 0 Å². The van der Waals surface area contributed by atoms with Crippen molar-refractivity contribution in [3.05, 3.63) is 64.8 Å². The molecular formula is C23H21BrN4O. The van der Waals surface area contributed by atoms with Gasteiger partial charge in [-0.25, -0.2) is 4.98 Å². The Labute approximate surface area is 177 Å². The van der Waals surface area contributed by atoms with E-state index in [1.54, 1.807) is 0 Å². The van der Waals surface area contributed by atoms with E-state index in [1.807, 2.05) is 53.6 Å². The zero-order valence-corrected chi connectivity index (χ0v) is 17.7. The van der Waals surface area contributed by atoms with Crippen molar-refractivity contribution in [2.75, 3.05) is 33.2 Å². The number of carbonyl (C=O) groups excluding carboxylic acids is 1. The molecule has 0 saturated carbocycles. The fourth-order valence-electron chi connectivity index (χ4n) is 3.97. The summed E-state index contributed by atoms with van der Waals surface area (Å²) in [5.74, 6) is 0.0824. The van der Waals surface area contributed by atoms with Gasteiger partial charge in [-0.15, -0.1) is 0 Å². The zero-order valence-electron chi connectivity index (χ0n) is 16.2. The molecule has 4 aromatic rings. The number of nitrogens with one attached hydrogen (secondary N) is 1. The van der Waals surface area contributed by atoms with E-state index >= 15 is 0 Å². The quantitative estimate of drug-likeness (QED) is 0.489. The van der Waals surface area contributed by atoms with Gasteiger partial charge in [-0.3, -0.25) is 4.79 Å². The summed E-state index contributed by atoms with van der Waals surface area (Å²) in [6, 6.07) is 16.0. The van der Waals surface area contributed by atoms with Crippen molar-refractivity contribution in [1.29, 1.82) is 0 Å². The maximum Gasteiger partial charge on any atom is 0.254 e. The molecule has 1 N–H and O–H groups in total. The molecule has 1 aliphatic rings. The Morgan fingerprint density at radius 1 is 1.03 bits per heavy atom. The van der Waals surface area contributed by atoms with E-state index in [4.69, 9.17) is 4.98 Å². The molecule has 0 radical (unpaired) electrons. The second kappa shape index (κ2) is 7.28. The smallest absolute Gasteiger partial charge is 0.254 e. The average molecular weight is 449 g/mol. The molecule has 5 nitrogen and oxygen atoms in total. The van der Waals surface area contributed by atoms with E-state index in [1.165, 1.54) is 0 Å². The summed E-state index contributed by atoms with van der Waals surface area (Å²) >= 11 is 3.56. The number of carbonyl (C=O) groups is 1. The van der Waals surface area contributed by atoms with E-state index < -0.39 is 0 Å². The number of H-pyrrole nitrogens is 1. The molecule has 1 amide bonds. The van der Waals surface area contributed by atoms with E-state index in [-0.39, 0.29) is 5.91 Å². The normalized spacial score (nSPS) is 15.3. The molecule has 3 heterocycles. The zero-order chi connectivity index (χ0) is 20.0. The third-order valence-electron chi connectivity index (χ3n) is 5.66. The summed E-state index contributed by atoms with van der Waals surface area (Å²) in [6.07, 6.45) is 1.97. The van der Waals surface area contributed by atoms with Gasteiger partial charge in [0.2, 0.25) is 0 Å². The highest BCUT2D eigenvalue weighted by Crippen LogP contribution is 2.32. The third-order valence-corrected chi connectivity index (χ3v) is 6.15. The Balaban J connectivity index is 1.66. The Bertz CT molecular complexity index is 1220. The van der Waals surface area contributed by atoms with Crippen LogP contribution < -0.4 is 0 Å². The van der Waals surface area contributed by atoms with Crippen molar-refractivity contribution >= 4 is 43.6 Å². The number of benzene rings is 2. The molecule has 5 rings (SSSR count). The molecule has 2 aromatic carbocycles. The fraction of sp³-hybridized carbons (Fsp3) is 0.217. The van der Waals surface area contributed by atoms with Gasteiger partial charge in [0.05, 0.1) is 16.8 Å². The second-order valence-electron chi connectivity index (χ2n) is 7.56. The van der Waals surface area contributed by atoms with Crippen LogP contribution in [0, 0.1) is 0 Å². The molecule has 146 valence electrons. The lowest BCUT2D eigenvalue weighted by molar-refractivity contribution is 0.0666. The van der Waals surface area contributed by atoms with Crippen LogP contribution in [0.1, 0.15) is 10.4 Å². The third kappa shape index (κ3) is 3.32. The number of piperazine rings is 1. The topological polar surface area (TPSA) is 52.2 Å². The molecular weight excluding hydrogens is 428 g/mol. The highest BCUT2D eigenvalue weighted by Gasteiger charge is 2.23. The minimum absolute atomic E-state index is 0.0824. The molecule has 6 heteroatoms. The summed E-state index contributed by atoms with van der Waals surface area (Å²) in [5.41, 5.74) is 4.42. The number of aromatic amines is 1. The maximum absolute atomic E-state index is 13.4. The number of amides is 1. The minimum atomic E-state index is 0.0824. The van der Waals surface area contributed by atoms with Crippen LogP contribution >= 0.6 is 15.9 Å². The maximum atomic E-state index is 13.4. The van der Waals surface area contributed by atoms with Gasteiger partial charge in [0.1, 0.15) is 0 Å². The van der Waals surface area contributed by atoms with E-state index in [0.717, 1.165) is 69.3 Å². The molecule has 0 bridgehead atoms. The first kappa shape index (κ1) is 18.3. The van der Waals surface area contributed by atoms with Crippen molar-refractivity contribution in [2.45, 2.75) is 0 Å². The van der Waals surface area contributed by atoms with Gasteiger partial charge in [-0.2, -0.15) is 0 Å². The van der Waals surface area contributed by atoms with E-state index in [2.05, 4.69) is 38.9 Å². The number of rotatable bonds is 2. The molecule has 0 spiro atoms. The predicted octanol–water partition coefficient (Wildman–Crippen LogP) is 4.53. The first-order valence-corrected chi connectivity index (χ1v) is 10.5. The van der Waals surface area contributed by atoms with Crippen molar-refractivity contribution in [1.82, 2.24) is 19.8 Å². The lowest BCUT2D eigenvalue weighted by Crippen LogP contribution is -2.47. The van der Waals surface area contributed by atoms with Gasteiger partial charge < -0.3 is 14.8 Å². The Morgan fingerprint density at radius 3 is 2.66 bits per heavy atom. The van der Waals surface area contributed by atoms with Crippen LogP contribution in [0.5, 0.6) is 0 Å². The van der Waals surface area contributed by atoms with Gasteiger partial charge in [-0.05, 0) is 37.4 Å². The number of hydrogen-bond donors (Lipinski definition) is 1. The van der Waals surface area contributed by atoms with Crippen LogP contribution in [-0.2, 0) is 0 Å². The largest absolute Gasteiger partial charge is 0.360 e. The number of likely N-dealkylation sites (N-methyl/N-ethyl adjacent to an activating group) is 1. The second-order valence-corrected chi connectivity index (χ2v) is 8.48.